The van der Waals surface area contributed by atoms with Gasteiger partial charge >= 0.3 is 0 Å². The van der Waals surface area contributed by atoms with E-state index in [4.69, 9.17) is 26.8 Å². The van der Waals surface area contributed by atoms with Gasteiger partial charge in [0.15, 0.2) is 5.05 Å². The summed E-state index contributed by atoms with van der Waals surface area (Å²) in [6.07, 6.45) is 7.56. The summed E-state index contributed by atoms with van der Waals surface area (Å²) in [4.78, 5) is 0. The van der Waals surface area contributed by atoms with Gasteiger partial charge in [0.1, 0.15) is 13.2 Å². The second-order valence-corrected chi connectivity index (χ2v) is 4.22. The number of thiocarbonyl (C=S) groups is 1. The van der Waals surface area contributed by atoms with Gasteiger partial charge in [0.25, 0.3) is 0 Å². The van der Waals surface area contributed by atoms with Crippen molar-refractivity contribution in [2.24, 2.45) is 0 Å². The minimum atomic E-state index is -0.00241. The van der Waals surface area contributed by atoms with Crippen molar-refractivity contribution in [2.75, 3.05) is 26.4 Å². The molecule has 0 heterocycles. The summed E-state index contributed by atoms with van der Waals surface area (Å²) >= 11 is 4.90. The van der Waals surface area contributed by atoms with Crippen LogP contribution in [-0.4, -0.2) is 36.6 Å². The first kappa shape index (κ1) is 15.8. The van der Waals surface area contributed by atoms with E-state index in [1.54, 1.807) is 0 Å². The molecule has 0 aliphatic rings. The topological polar surface area (TPSA) is 38.7 Å². The molecule has 0 saturated heterocycles. The van der Waals surface area contributed by atoms with E-state index in [9.17, 15) is 0 Å². The molecule has 0 aromatic heterocycles. The Morgan fingerprint density at radius 1 is 1.06 bits per heavy atom. The first-order valence-electron chi connectivity index (χ1n) is 6.15. The second-order valence-electron chi connectivity index (χ2n) is 3.76. The van der Waals surface area contributed by atoms with Crippen molar-refractivity contribution in [2.45, 2.75) is 45.4 Å². The largest absolute Gasteiger partial charge is 0.482 e. The molecular weight excluding hydrogens is 224 g/mol. The summed E-state index contributed by atoms with van der Waals surface area (Å²) in [5.41, 5.74) is 0. The van der Waals surface area contributed by atoms with Crippen LogP contribution in [0, 0.1) is 0 Å². The lowest BCUT2D eigenvalue weighted by atomic mass is 10.1. The third-order valence-corrected chi connectivity index (χ3v) is 2.45. The molecule has 3 nitrogen and oxygen atoms in total. The summed E-state index contributed by atoms with van der Waals surface area (Å²) in [6.45, 7) is 3.59. The zero-order valence-electron chi connectivity index (χ0n) is 10.2. The van der Waals surface area contributed by atoms with Gasteiger partial charge in [-0.3, -0.25) is 0 Å². The van der Waals surface area contributed by atoms with Gasteiger partial charge in [-0.25, -0.2) is 0 Å². The lowest BCUT2D eigenvalue weighted by molar-refractivity contribution is 0.137. The molecule has 16 heavy (non-hydrogen) atoms. The van der Waals surface area contributed by atoms with Gasteiger partial charge in [0, 0.05) is 6.61 Å². The molecule has 0 spiro atoms. The summed E-state index contributed by atoms with van der Waals surface area (Å²) < 4.78 is 10.4. The van der Waals surface area contributed by atoms with Gasteiger partial charge < -0.3 is 14.6 Å². The number of unbranched alkanes of at least 4 members (excludes halogenated alkanes) is 5. The summed E-state index contributed by atoms with van der Waals surface area (Å²) in [5.74, 6) is 0. The molecule has 4 heteroatoms. The third-order valence-electron chi connectivity index (χ3n) is 2.22. The van der Waals surface area contributed by atoms with Gasteiger partial charge in [0.2, 0.25) is 0 Å². The summed E-state index contributed by atoms with van der Waals surface area (Å²) in [6, 6.07) is 0. The SMILES string of the molecule is CCCCCCCCOCC(=S)OCCO. The van der Waals surface area contributed by atoms with E-state index < -0.39 is 0 Å². The highest BCUT2D eigenvalue weighted by Crippen LogP contribution is 2.04. The van der Waals surface area contributed by atoms with Crippen molar-refractivity contribution in [3.8, 4) is 0 Å². The highest BCUT2D eigenvalue weighted by atomic mass is 32.1. The maximum atomic E-state index is 8.50. The number of aliphatic hydroxyl groups excluding tert-OH is 1. The Bertz CT molecular complexity index is 162. The van der Waals surface area contributed by atoms with Gasteiger partial charge in [-0.1, -0.05) is 39.0 Å². The first-order valence-corrected chi connectivity index (χ1v) is 6.56. The van der Waals surface area contributed by atoms with Crippen LogP contribution in [-0.2, 0) is 9.47 Å². The molecule has 0 saturated carbocycles. The number of hydrogen-bond acceptors (Lipinski definition) is 4. The number of aliphatic hydroxyl groups is 1. The number of hydrogen-bond donors (Lipinski definition) is 1. The van der Waals surface area contributed by atoms with Crippen molar-refractivity contribution in [1.29, 1.82) is 0 Å². The normalized spacial score (nSPS) is 10.4. The van der Waals surface area contributed by atoms with E-state index in [-0.39, 0.29) is 13.2 Å². The molecule has 0 aromatic carbocycles. The van der Waals surface area contributed by atoms with Gasteiger partial charge in [-0.05, 0) is 18.6 Å². The van der Waals surface area contributed by atoms with Crippen LogP contribution in [0.4, 0.5) is 0 Å². The zero-order chi connectivity index (χ0) is 12.1. The minimum absolute atomic E-state index is 0.00241. The average Bonchev–Trinajstić information content (AvgIpc) is 2.30. The van der Waals surface area contributed by atoms with Crippen LogP contribution >= 0.6 is 12.2 Å². The van der Waals surface area contributed by atoms with Crippen LogP contribution in [0.3, 0.4) is 0 Å². The molecule has 0 radical (unpaired) electrons. The average molecular weight is 248 g/mol. The van der Waals surface area contributed by atoms with Crippen molar-refractivity contribution < 1.29 is 14.6 Å². The lowest BCUT2D eigenvalue weighted by Crippen LogP contribution is -2.13. The predicted molar refractivity (Wildman–Crippen MR) is 69.8 cm³/mol. The molecule has 0 aliphatic heterocycles. The van der Waals surface area contributed by atoms with Crippen LogP contribution in [0.25, 0.3) is 0 Å². The Morgan fingerprint density at radius 2 is 1.75 bits per heavy atom. The van der Waals surface area contributed by atoms with E-state index in [0.717, 1.165) is 13.0 Å². The summed E-state index contributed by atoms with van der Waals surface area (Å²) in [5, 5.41) is 8.93. The fraction of sp³-hybridized carbons (Fsp3) is 0.917. The van der Waals surface area contributed by atoms with E-state index >= 15 is 0 Å². The Kier molecular flexibility index (Phi) is 12.7. The highest BCUT2D eigenvalue weighted by molar-refractivity contribution is 7.80. The molecule has 0 aliphatic carbocycles. The minimum Gasteiger partial charge on any atom is -0.482 e. The molecule has 0 amide bonds. The zero-order valence-corrected chi connectivity index (χ0v) is 11.1. The standard InChI is InChI=1S/C12H24O3S/c1-2-3-4-5-6-7-9-14-11-12(16)15-10-8-13/h13H,2-11H2,1H3. The van der Waals surface area contributed by atoms with Crippen LogP contribution in [0.5, 0.6) is 0 Å². The number of ether oxygens (including phenoxy) is 2. The molecule has 1 N–H and O–H groups in total. The maximum Gasteiger partial charge on any atom is 0.185 e. The Labute approximate surface area is 104 Å². The van der Waals surface area contributed by atoms with E-state index in [2.05, 4.69) is 6.92 Å². The molecule has 96 valence electrons. The van der Waals surface area contributed by atoms with E-state index in [0.29, 0.717) is 11.7 Å². The molecule has 0 aromatic rings. The molecule has 0 atom stereocenters. The van der Waals surface area contributed by atoms with E-state index in [1.807, 2.05) is 0 Å². The molecule has 0 rings (SSSR count). The highest BCUT2D eigenvalue weighted by Gasteiger charge is 1.97. The van der Waals surface area contributed by atoms with Gasteiger partial charge in [-0.2, -0.15) is 0 Å². The van der Waals surface area contributed by atoms with Crippen LogP contribution < -0.4 is 0 Å². The predicted octanol–water partition coefficient (Wildman–Crippen LogP) is 2.70. The Hall–Kier alpha value is -0.190. The van der Waals surface area contributed by atoms with Crippen LogP contribution in [0.1, 0.15) is 45.4 Å². The van der Waals surface area contributed by atoms with Gasteiger partial charge in [-0.15, -0.1) is 0 Å². The van der Waals surface area contributed by atoms with Crippen molar-refractivity contribution >= 4 is 17.3 Å². The third kappa shape index (κ3) is 11.9. The Morgan fingerprint density at radius 3 is 2.44 bits per heavy atom. The summed E-state index contributed by atoms with van der Waals surface area (Å²) in [7, 11) is 0. The monoisotopic (exact) mass is 248 g/mol. The quantitative estimate of drug-likeness (QED) is 0.451. The van der Waals surface area contributed by atoms with E-state index in [1.165, 1.54) is 32.1 Å². The van der Waals surface area contributed by atoms with Gasteiger partial charge in [0.05, 0.1) is 6.61 Å². The maximum absolute atomic E-state index is 8.50. The Balaban J connectivity index is 3.05. The molecule has 0 fully saturated rings. The van der Waals surface area contributed by atoms with Crippen molar-refractivity contribution in [1.82, 2.24) is 0 Å². The molecule has 0 unspecified atom stereocenters. The fourth-order valence-corrected chi connectivity index (χ4v) is 1.51. The smallest absolute Gasteiger partial charge is 0.185 e. The van der Waals surface area contributed by atoms with Crippen molar-refractivity contribution in [3.63, 3.8) is 0 Å². The number of rotatable bonds is 11. The molecular formula is C12H24O3S. The van der Waals surface area contributed by atoms with Crippen LogP contribution in [0.15, 0.2) is 0 Å². The van der Waals surface area contributed by atoms with Crippen LogP contribution in [0.2, 0.25) is 0 Å². The second kappa shape index (κ2) is 12.9. The fourth-order valence-electron chi connectivity index (χ4n) is 1.34. The lowest BCUT2D eigenvalue weighted by Gasteiger charge is -2.06. The van der Waals surface area contributed by atoms with Crippen molar-refractivity contribution in [3.05, 3.63) is 0 Å². The first-order chi connectivity index (χ1) is 7.81. The molecule has 0 bridgehead atoms.